The summed E-state index contributed by atoms with van der Waals surface area (Å²) in [5.74, 6) is 0.716. The smallest absolute Gasteiger partial charge is 0.312 e. The maximum atomic E-state index is 11.0. The average Bonchev–Trinajstić information content (AvgIpc) is 2.85. The summed E-state index contributed by atoms with van der Waals surface area (Å²) in [6.07, 6.45) is 0.885. The standard InChI is InChI=1S/C11H12BrN5O3/c1-2-5-16-11(13-14-15-16)7-20-10-4-3-8(12)6-9(10)17(18)19/h3-4,6H,2,5,7H2,1H3. The van der Waals surface area contributed by atoms with Crippen LogP contribution >= 0.6 is 15.9 Å². The molecule has 0 atom stereocenters. The Hall–Kier alpha value is -2.03. The molecule has 0 fully saturated rings. The number of nitro benzene ring substituents is 1. The van der Waals surface area contributed by atoms with Crippen molar-refractivity contribution < 1.29 is 9.66 Å². The summed E-state index contributed by atoms with van der Waals surface area (Å²) in [6.45, 7) is 2.76. The normalized spacial score (nSPS) is 10.5. The van der Waals surface area contributed by atoms with Gasteiger partial charge >= 0.3 is 5.69 Å². The molecular weight excluding hydrogens is 330 g/mol. The number of tetrazole rings is 1. The molecule has 0 bridgehead atoms. The molecule has 1 heterocycles. The summed E-state index contributed by atoms with van der Waals surface area (Å²) in [7, 11) is 0. The van der Waals surface area contributed by atoms with Crippen molar-refractivity contribution in [2.24, 2.45) is 0 Å². The van der Waals surface area contributed by atoms with Gasteiger partial charge in [-0.1, -0.05) is 22.9 Å². The number of nitrogens with zero attached hydrogens (tertiary/aromatic N) is 5. The van der Waals surface area contributed by atoms with E-state index in [0.717, 1.165) is 6.42 Å². The predicted molar refractivity (Wildman–Crippen MR) is 73.2 cm³/mol. The van der Waals surface area contributed by atoms with Crippen LogP contribution in [0.4, 0.5) is 5.69 Å². The van der Waals surface area contributed by atoms with Gasteiger partial charge in [-0.3, -0.25) is 10.1 Å². The molecule has 20 heavy (non-hydrogen) atoms. The van der Waals surface area contributed by atoms with Crippen LogP contribution in [0.25, 0.3) is 0 Å². The largest absolute Gasteiger partial charge is 0.479 e. The molecule has 0 spiro atoms. The molecule has 1 aromatic carbocycles. The molecule has 0 amide bonds. The molecule has 0 aliphatic rings. The summed E-state index contributed by atoms with van der Waals surface area (Å²) in [4.78, 5) is 10.5. The maximum Gasteiger partial charge on any atom is 0.312 e. The molecule has 106 valence electrons. The Labute approximate surface area is 123 Å². The first kappa shape index (κ1) is 14.4. The molecule has 9 heteroatoms. The quantitative estimate of drug-likeness (QED) is 0.590. The van der Waals surface area contributed by atoms with Crippen LogP contribution in [0.5, 0.6) is 5.75 Å². The molecule has 0 radical (unpaired) electrons. The molecule has 2 rings (SSSR count). The number of hydrogen-bond acceptors (Lipinski definition) is 6. The van der Waals surface area contributed by atoms with E-state index in [1.165, 1.54) is 12.1 Å². The topological polar surface area (TPSA) is 96.0 Å². The average molecular weight is 342 g/mol. The fourth-order valence-corrected chi connectivity index (χ4v) is 1.96. The lowest BCUT2D eigenvalue weighted by atomic mass is 10.3. The number of aromatic nitrogens is 4. The lowest BCUT2D eigenvalue weighted by molar-refractivity contribution is -0.386. The summed E-state index contributed by atoms with van der Waals surface area (Å²) >= 11 is 3.19. The fraction of sp³-hybridized carbons (Fsp3) is 0.364. The number of halogens is 1. The first-order chi connectivity index (χ1) is 9.61. The monoisotopic (exact) mass is 341 g/mol. The van der Waals surface area contributed by atoms with Gasteiger partial charge in [0.15, 0.2) is 11.6 Å². The number of benzene rings is 1. The first-order valence-corrected chi connectivity index (χ1v) is 6.73. The van der Waals surface area contributed by atoms with E-state index in [0.29, 0.717) is 16.8 Å². The second kappa shape index (κ2) is 6.42. The second-order valence-corrected chi connectivity index (χ2v) is 4.89. The fourth-order valence-electron chi connectivity index (χ4n) is 1.61. The van der Waals surface area contributed by atoms with Crippen LogP contribution in [0.3, 0.4) is 0 Å². The van der Waals surface area contributed by atoms with Gasteiger partial charge in [0.25, 0.3) is 0 Å². The molecule has 1 aromatic heterocycles. The molecule has 0 saturated heterocycles. The number of nitro groups is 1. The van der Waals surface area contributed by atoms with Gasteiger partial charge in [0.1, 0.15) is 6.61 Å². The van der Waals surface area contributed by atoms with Crippen LogP contribution < -0.4 is 4.74 Å². The van der Waals surface area contributed by atoms with Crippen LogP contribution in [0.2, 0.25) is 0 Å². The zero-order valence-corrected chi connectivity index (χ0v) is 12.3. The molecule has 0 aliphatic heterocycles. The van der Waals surface area contributed by atoms with E-state index in [2.05, 4.69) is 31.5 Å². The van der Waals surface area contributed by atoms with E-state index >= 15 is 0 Å². The number of rotatable bonds is 6. The van der Waals surface area contributed by atoms with Gasteiger partial charge in [-0.25, -0.2) is 4.68 Å². The first-order valence-electron chi connectivity index (χ1n) is 5.93. The van der Waals surface area contributed by atoms with E-state index < -0.39 is 4.92 Å². The minimum absolute atomic E-state index is 0.0788. The van der Waals surface area contributed by atoms with E-state index in [1.807, 2.05) is 6.92 Å². The summed E-state index contributed by atoms with van der Waals surface area (Å²) in [5.41, 5.74) is -0.103. The van der Waals surface area contributed by atoms with Crippen molar-refractivity contribution in [3.8, 4) is 5.75 Å². The van der Waals surface area contributed by atoms with Crippen molar-refractivity contribution in [1.29, 1.82) is 0 Å². The Kier molecular flexibility index (Phi) is 4.61. The van der Waals surface area contributed by atoms with Crippen molar-refractivity contribution in [2.45, 2.75) is 26.5 Å². The SMILES string of the molecule is CCCn1nnnc1COc1ccc(Br)cc1[N+](=O)[O-]. The lowest BCUT2D eigenvalue weighted by Gasteiger charge is -2.07. The second-order valence-electron chi connectivity index (χ2n) is 3.98. The highest BCUT2D eigenvalue weighted by atomic mass is 79.9. The predicted octanol–water partition coefficient (Wildman–Crippen LogP) is 2.33. The molecule has 8 nitrogen and oxygen atoms in total. The van der Waals surface area contributed by atoms with Gasteiger partial charge in [-0.15, -0.1) is 5.10 Å². The number of aryl methyl sites for hydroxylation is 1. The van der Waals surface area contributed by atoms with Crippen LogP contribution in [0.15, 0.2) is 22.7 Å². The zero-order valence-electron chi connectivity index (χ0n) is 10.7. The highest BCUT2D eigenvalue weighted by molar-refractivity contribution is 9.10. The van der Waals surface area contributed by atoms with Gasteiger partial charge in [0.05, 0.1) is 4.92 Å². The molecule has 0 N–H and O–H groups in total. The molecular formula is C11H12BrN5O3. The van der Waals surface area contributed by atoms with Gasteiger partial charge < -0.3 is 4.74 Å². The number of ether oxygens (including phenoxy) is 1. The Morgan fingerprint density at radius 3 is 3.00 bits per heavy atom. The van der Waals surface area contributed by atoms with Crippen molar-refractivity contribution in [3.05, 3.63) is 38.6 Å². The maximum absolute atomic E-state index is 11.0. The van der Waals surface area contributed by atoms with Crippen molar-refractivity contribution in [1.82, 2.24) is 20.2 Å². The summed E-state index contributed by atoms with van der Waals surface area (Å²) < 4.78 is 7.69. The van der Waals surface area contributed by atoms with Crippen LogP contribution in [-0.4, -0.2) is 25.1 Å². The van der Waals surface area contributed by atoms with Gasteiger partial charge in [-0.2, -0.15) is 0 Å². The van der Waals surface area contributed by atoms with Gasteiger partial charge in [0.2, 0.25) is 0 Å². The Morgan fingerprint density at radius 1 is 1.50 bits per heavy atom. The third kappa shape index (κ3) is 3.29. The third-order valence-corrected chi connectivity index (χ3v) is 3.01. The Bertz CT molecular complexity index is 616. The van der Waals surface area contributed by atoms with Crippen molar-refractivity contribution in [2.75, 3.05) is 0 Å². The van der Waals surface area contributed by atoms with Crippen LogP contribution in [0.1, 0.15) is 19.2 Å². The zero-order chi connectivity index (χ0) is 14.5. The lowest BCUT2D eigenvalue weighted by Crippen LogP contribution is -2.09. The van der Waals surface area contributed by atoms with Gasteiger partial charge in [0, 0.05) is 17.1 Å². The highest BCUT2D eigenvalue weighted by Gasteiger charge is 2.16. The molecule has 0 unspecified atom stereocenters. The Morgan fingerprint density at radius 2 is 2.30 bits per heavy atom. The molecule has 0 aliphatic carbocycles. The third-order valence-electron chi connectivity index (χ3n) is 2.52. The molecule has 2 aromatic rings. The van der Waals surface area contributed by atoms with E-state index in [1.54, 1.807) is 10.7 Å². The number of hydrogen-bond donors (Lipinski definition) is 0. The Balaban J connectivity index is 2.14. The molecule has 0 saturated carbocycles. The van der Waals surface area contributed by atoms with Crippen LogP contribution in [0, 0.1) is 10.1 Å². The van der Waals surface area contributed by atoms with E-state index in [4.69, 9.17) is 4.74 Å². The van der Waals surface area contributed by atoms with Crippen LogP contribution in [-0.2, 0) is 13.2 Å². The van der Waals surface area contributed by atoms with E-state index in [-0.39, 0.29) is 18.0 Å². The minimum atomic E-state index is -0.491. The van der Waals surface area contributed by atoms with Gasteiger partial charge in [-0.05, 0) is 29.0 Å². The minimum Gasteiger partial charge on any atom is -0.479 e. The summed E-state index contributed by atoms with van der Waals surface area (Å²) in [5, 5.41) is 22.2. The van der Waals surface area contributed by atoms with Crippen molar-refractivity contribution >= 4 is 21.6 Å². The van der Waals surface area contributed by atoms with Crippen molar-refractivity contribution in [3.63, 3.8) is 0 Å². The highest BCUT2D eigenvalue weighted by Crippen LogP contribution is 2.30. The van der Waals surface area contributed by atoms with E-state index in [9.17, 15) is 10.1 Å². The summed E-state index contributed by atoms with van der Waals surface area (Å²) in [6, 6.07) is 4.61.